The average molecular weight is 409 g/mol. The fourth-order valence-electron chi connectivity index (χ4n) is 2.53. The normalized spacial score (nSPS) is 10.7. The molecule has 0 bridgehead atoms. The monoisotopic (exact) mass is 408 g/mol. The van der Waals surface area contributed by atoms with Gasteiger partial charge in [0.1, 0.15) is 4.60 Å². The predicted octanol–water partition coefficient (Wildman–Crippen LogP) is 4.77. The molecule has 4 rings (SSSR count). The number of aromatic amines is 1. The number of anilines is 1. The Hall–Kier alpha value is -3.19. The lowest BCUT2D eigenvalue weighted by Gasteiger charge is -2.07. The summed E-state index contributed by atoms with van der Waals surface area (Å²) in [7, 11) is 0. The lowest BCUT2D eigenvalue weighted by atomic mass is 10.1. The molecule has 7 heteroatoms. The summed E-state index contributed by atoms with van der Waals surface area (Å²) in [6.45, 7) is 0. The van der Waals surface area contributed by atoms with E-state index >= 15 is 0 Å². The van der Waals surface area contributed by atoms with Gasteiger partial charge in [-0.15, -0.1) is 0 Å². The van der Waals surface area contributed by atoms with Crippen LogP contribution >= 0.6 is 15.9 Å². The van der Waals surface area contributed by atoms with Crippen molar-refractivity contribution in [2.24, 2.45) is 0 Å². The van der Waals surface area contributed by atoms with Crippen LogP contribution in [0.15, 0.2) is 71.7 Å². The van der Waals surface area contributed by atoms with E-state index in [-0.39, 0.29) is 5.91 Å². The summed E-state index contributed by atoms with van der Waals surface area (Å²) in [6.07, 6.45) is 4.91. The number of carbonyl (C=O) groups excluding carboxylic acids is 1. The van der Waals surface area contributed by atoms with Gasteiger partial charge in [0.2, 0.25) is 5.88 Å². The molecular weight excluding hydrogens is 396 g/mol. The number of halogens is 1. The van der Waals surface area contributed by atoms with Crippen molar-refractivity contribution in [3.8, 4) is 11.6 Å². The number of rotatable bonds is 4. The van der Waals surface area contributed by atoms with Crippen molar-refractivity contribution < 1.29 is 9.53 Å². The summed E-state index contributed by atoms with van der Waals surface area (Å²) in [5.74, 6) is 0.771. The van der Waals surface area contributed by atoms with Crippen molar-refractivity contribution in [1.29, 1.82) is 0 Å². The third-order valence-corrected chi connectivity index (χ3v) is 4.36. The molecule has 0 aliphatic heterocycles. The van der Waals surface area contributed by atoms with Gasteiger partial charge in [-0.1, -0.05) is 18.2 Å². The smallest absolute Gasteiger partial charge is 0.257 e. The number of hydrogen-bond donors (Lipinski definition) is 2. The average Bonchev–Trinajstić information content (AvgIpc) is 3.09. The number of nitrogens with one attached hydrogen (secondary N) is 2. The maximum absolute atomic E-state index is 12.5. The zero-order chi connectivity index (χ0) is 17.9. The van der Waals surface area contributed by atoms with Gasteiger partial charge in [0.05, 0.1) is 17.4 Å². The van der Waals surface area contributed by atoms with Crippen LogP contribution in [0.4, 0.5) is 5.69 Å². The van der Waals surface area contributed by atoms with Crippen LogP contribution in [0.3, 0.4) is 0 Å². The Morgan fingerprint density at radius 3 is 2.77 bits per heavy atom. The van der Waals surface area contributed by atoms with Crippen molar-refractivity contribution in [1.82, 2.24) is 15.0 Å². The molecule has 26 heavy (non-hydrogen) atoms. The van der Waals surface area contributed by atoms with Gasteiger partial charge in [-0.25, -0.2) is 9.97 Å². The van der Waals surface area contributed by atoms with Crippen LogP contribution in [0.2, 0.25) is 0 Å². The Bertz CT molecular complexity index is 1080. The summed E-state index contributed by atoms with van der Waals surface area (Å²) < 4.78 is 6.26. The van der Waals surface area contributed by atoms with Crippen molar-refractivity contribution in [3.05, 3.63) is 77.3 Å². The number of carbonyl (C=O) groups is 1. The molecular formula is C19H13BrN4O2. The first kappa shape index (κ1) is 16.3. The first-order valence-corrected chi connectivity index (χ1v) is 8.62. The molecule has 0 atom stereocenters. The first-order chi connectivity index (χ1) is 12.7. The molecule has 128 valence electrons. The standard InChI is InChI=1S/C19H13BrN4O2/c20-18-16(6-3-9-21-18)26-17-8-7-12(10-23-17)24-19(25)14-11-22-15-5-2-1-4-13(14)15/h1-11,22H,(H,24,25). The SMILES string of the molecule is O=C(Nc1ccc(Oc2cccnc2Br)nc1)c1c[nH]c2ccccc12. The fourth-order valence-corrected chi connectivity index (χ4v) is 2.86. The van der Waals surface area contributed by atoms with Gasteiger partial charge in [0, 0.05) is 29.4 Å². The summed E-state index contributed by atoms with van der Waals surface area (Å²) in [5.41, 5.74) is 2.08. The summed E-state index contributed by atoms with van der Waals surface area (Å²) in [6, 6.07) is 14.6. The quantitative estimate of drug-likeness (QED) is 0.476. The van der Waals surface area contributed by atoms with E-state index in [1.54, 1.807) is 42.9 Å². The number of aromatic nitrogens is 3. The highest BCUT2D eigenvalue weighted by molar-refractivity contribution is 9.10. The third kappa shape index (κ3) is 3.29. The third-order valence-electron chi connectivity index (χ3n) is 3.77. The van der Waals surface area contributed by atoms with E-state index in [9.17, 15) is 4.79 Å². The van der Waals surface area contributed by atoms with E-state index in [0.717, 1.165) is 10.9 Å². The molecule has 1 amide bonds. The zero-order valence-corrected chi connectivity index (χ0v) is 15.0. The molecule has 0 aliphatic carbocycles. The molecule has 0 saturated carbocycles. The number of nitrogens with zero attached hydrogens (tertiary/aromatic N) is 2. The molecule has 0 radical (unpaired) electrons. The molecule has 3 heterocycles. The molecule has 0 fully saturated rings. The summed E-state index contributed by atoms with van der Waals surface area (Å²) in [5, 5.41) is 3.71. The van der Waals surface area contributed by atoms with Gasteiger partial charge < -0.3 is 15.0 Å². The Kier molecular flexibility index (Phi) is 4.37. The highest BCUT2D eigenvalue weighted by Gasteiger charge is 2.12. The minimum absolute atomic E-state index is 0.201. The molecule has 0 spiro atoms. The van der Waals surface area contributed by atoms with Crippen LogP contribution < -0.4 is 10.1 Å². The van der Waals surface area contributed by atoms with Crippen LogP contribution in [0.1, 0.15) is 10.4 Å². The van der Waals surface area contributed by atoms with E-state index in [1.165, 1.54) is 0 Å². The Balaban J connectivity index is 1.49. The van der Waals surface area contributed by atoms with Gasteiger partial charge in [0.25, 0.3) is 5.91 Å². The van der Waals surface area contributed by atoms with Crippen LogP contribution in [-0.4, -0.2) is 20.9 Å². The van der Waals surface area contributed by atoms with E-state index < -0.39 is 0 Å². The number of ether oxygens (including phenoxy) is 1. The van der Waals surface area contributed by atoms with Crippen molar-refractivity contribution in [2.75, 3.05) is 5.32 Å². The van der Waals surface area contributed by atoms with Crippen molar-refractivity contribution in [2.45, 2.75) is 0 Å². The molecule has 0 saturated heterocycles. The maximum Gasteiger partial charge on any atom is 0.257 e. The highest BCUT2D eigenvalue weighted by Crippen LogP contribution is 2.27. The minimum atomic E-state index is -0.201. The number of H-pyrrole nitrogens is 1. The molecule has 0 unspecified atom stereocenters. The number of para-hydroxylation sites is 1. The van der Waals surface area contributed by atoms with Gasteiger partial charge in [-0.2, -0.15) is 0 Å². The number of pyridine rings is 2. The van der Waals surface area contributed by atoms with Gasteiger partial charge in [-0.3, -0.25) is 4.79 Å². The summed E-state index contributed by atoms with van der Waals surface area (Å²) >= 11 is 3.32. The number of amides is 1. The topological polar surface area (TPSA) is 79.9 Å². The number of benzene rings is 1. The highest BCUT2D eigenvalue weighted by atomic mass is 79.9. The van der Waals surface area contributed by atoms with Crippen LogP contribution in [0.5, 0.6) is 11.6 Å². The zero-order valence-electron chi connectivity index (χ0n) is 13.4. The lowest BCUT2D eigenvalue weighted by Crippen LogP contribution is -2.11. The second-order valence-electron chi connectivity index (χ2n) is 5.48. The maximum atomic E-state index is 12.5. The van der Waals surface area contributed by atoms with Crippen molar-refractivity contribution >= 4 is 38.4 Å². The number of fused-ring (bicyclic) bond motifs is 1. The fraction of sp³-hybridized carbons (Fsp3) is 0. The Morgan fingerprint density at radius 2 is 1.96 bits per heavy atom. The van der Waals surface area contributed by atoms with E-state index in [2.05, 4.69) is 36.2 Å². The second kappa shape index (κ2) is 6.97. The summed E-state index contributed by atoms with van der Waals surface area (Å²) in [4.78, 5) is 23.9. The minimum Gasteiger partial charge on any atom is -0.436 e. The largest absolute Gasteiger partial charge is 0.436 e. The first-order valence-electron chi connectivity index (χ1n) is 7.82. The molecule has 0 aliphatic rings. The molecule has 4 aromatic rings. The molecule has 6 nitrogen and oxygen atoms in total. The van der Waals surface area contributed by atoms with E-state index in [1.807, 2.05) is 24.3 Å². The van der Waals surface area contributed by atoms with Crippen molar-refractivity contribution in [3.63, 3.8) is 0 Å². The van der Waals surface area contributed by atoms with Gasteiger partial charge >= 0.3 is 0 Å². The van der Waals surface area contributed by atoms with Gasteiger partial charge in [0.15, 0.2) is 5.75 Å². The van der Waals surface area contributed by atoms with E-state index in [4.69, 9.17) is 4.74 Å². The number of hydrogen-bond acceptors (Lipinski definition) is 4. The molecule has 2 N–H and O–H groups in total. The second-order valence-corrected chi connectivity index (χ2v) is 6.23. The predicted molar refractivity (Wildman–Crippen MR) is 102 cm³/mol. The molecule has 3 aromatic heterocycles. The Labute approximate surface area is 157 Å². The van der Waals surface area contributed by atoms with Crippen LogP contribution in [-0.2, 0) is 0 Å². The Morgan fingerprint density at radius 1 is 1.08 bits per heavy atom. The molecule has 1 aromatic carbocycles. The van der Waals surface area contributed by atoms with Crippen LogP contribution in [0, 0.1) is 0 Å². The van der Waals surface area contributed by atoms with Gasteiger partial charge in [-0.05, 0) is 40.2 Å². The lowest BCUT2D eigenvalue weighted by molar-refractivity contribution is 0.102. The van der Waals surface area contributed by atoms with E-state index in [0.29, 0.717) is 27.5 Å². The van der Waals surface area contributed by atoms with Crippen LogP contribution in [0.25, 0.3) is 10.9 Å².